The fraction of sp³-hybridized carbons (Fsp3) is 0.235. The van der Waals surface area contributed by atoms with Crippen molar-refractivity contribution < 1.29 is 26.0 Å². The Bertz CT molecular complexity index is 1060. The van der Waals surface area contributed by atoms with Crippen molar-refractivity contribution in [1.82, 2.24) is 9.29 Å². The highest BCUT2D eigenvalue weighted by Crippen LogP contribution is 2.35. The van der Waals surface area contributed by atoms with Crippen molar-refractivity contribution in [1.29, 1.82) is 0 Å². The van der Waals surface area contributed by atoms with E-state index in [2.05, 4.69) is 4.98 Å². The topological polar surface area (TPSA) is 63.4 Å². The predicted octanol–water partition coefficient (Wildman–Crippen LogP) is 4.88. The van der Waals surface area contributed by atoms with Crippen LogP contribution in [0.1, 0.15) is 24.4 Å². The highest BCUT2D eigenvalue weighted by Gasteiger charge is 2.34. The molecule has 0 aliphatic heterocycles. The number of oxazole rings is 1. The van der Waals surface area contributed by atoms with E-state index in [9.17, 15) is 21.6 Å². The summed E-state index contributed by atoms with van der Waals surface area (Å²) >= 11 is 5.83. The minimum absolute atomic E-state index is 0.158. The number of alkyl halides is 3. The molecule has 0 spiro atoms. The number of para-hydroxylation sites is 2. The van der Waals surface area contributed by atoms with Crippen LogP contribution in [0.4, 0.5) is 13.2 Å². The molecular formula is C17H14ClF3N2O3S. The van der Waals surface area contributed by atoms with E-state index in [0.717, 1.165) is 10.4 Å². The largest absolute Gasteiger partial charge is 0.439 e. The van der Waals surface area contributed by atoms with Gasteiger partial charge in [-0.2, -0.15) is 17.5 Å². The fourth-order valence-corrected chi connectivity index (χ4v) is 4.31. The van der Waals surface area contributed by atoms with Gasteiger partial charge in [0, 0.05) is 7.05 Å². The molecule has 0 aliphatic rings. The molecule has 1 aromatic heterocycles. The zero-order chi connectivity index (χ0) is 20.0. The Kier molecular flexibility index (Phi) is 4.96. The van der Waals surface area contributed by atoms with E-state index in [4.69, 9.17) is 16.0 Å². The first-order valence-electron chi connectivity index (χ1n) is 7.72. The summed E-state index contributed by atoms with van der Waals surface area (Å²) in [5.74, 6) is 0.158. The molecule has 144 valence electrons. The van der Waals surface area contributed by atoms with E-state index >= 15 is 0 Å². The van der Waals surface area contributed by atoms with Gasteiger partial charge in [-0.3, -0.25) is 0 Å². The van der Waals surface area contributed by atoms with Gasteiger partial charge in [0.15, 0.2) is 5.58 Å². The lowest BCUT2D eigenvalue weighted by molar-refractivity contribution is -0.137. The van der Waals surface area contributed by atoms with Crippen molar-refractivity contribution in [3.63, 3.8) is 0 Å². The van der Waals surface area contributed by atoms with Crippen LogP contribution < -0.4 is 0 Å². The first kappa shape index (κ1) is 19.7. The normalized spacial score (nSPS) is 14.0. The van der Waals surface area contributed by atoms with Crippen LogP contribution in [0.25, 0.3) is 11.1 Å². The maximum atomic E-state index is 12.8. The second kappa shape index (κ2) is 6.81. The molecule has 5 nitrogen and oxygen atoms in total. The van der Waals surface area contributed by atoms with E-state index in [1.54, 1.807) is 31.2 Å². The van der Waals surface area contributed by atoms with Crippen LogP contribution in [0.15, 0.2) is 51.8 Å². The molecule has 0 saturated carbocycles. The van der Waals surface area contributed by atoms with Crippen molar-refractivity contribution in [2.45, 2.75) is 24.0 Å². The van der Waals surface area contributed by atoms with Crippen molar-refractivity contribution in [2.75, 3.05) is 7.05 Å². The summed E-state index contributed by atoms with van der Waals surface area (Å²) in [5, 5.41) is -0.513. The number of aromatic nitrogens is 1. The molecule has 0 aliphatic carbocycles. The Morgan fingerprint density at radius 1 is 1.19 bits per heavy atom. The summed E-state index contributed by atoms with van der Waals surface area (Å²) in [6.07, 6.45) is -4.62. The third kappa shape index (κ3) is 3.67. The minimum Gasteiger partial charge on any atom is -0.439 e. The van der Waals surface area contributed by atoms with E-state index in [0.29, 0.717) is 23.2 Å². The number of nitrogens with zero attached hydrogens (tertiary/aromatic N) is 2. The lowest BCUT2D eigenvalue weighted by Crippen LogP contribution is -2.30. The molecule has 2 aromatic carbocycles. The molecule has 0 fully saturated rings. The fourth-order valence-electron chi connectivity index (χ4n) is 2.47. The number of halogens is 4. The highest BCUT2D eigenvalue weighted by atomic mass is 35.5. The number of hydrogen-bond acceptors (Lipinski definition) is 4. The molecule has 0 radical (unpaired) electrons. The summed E-state index contributed by atoms with van der Waals surface area (Å²) in [5.41, 5.74) is 0.0384. The number of rotatable bonds is 4. The van der Waals surface area contributed by atoms with Gasteiger partial charge < -0.3 is 4.42 Å². The average molecular weight is 419 g/mol. The molecule has 3 aromatic rings. The molecule has 27 heavy (non-hydrogen) atoms. The van der Waals surface area contributed by atoms with Crippen LogP contribution in [0.3, 0.4) is 0 Å². The van der Waals surface area contributed by atoms with Gasteiger partial charge in [-0.25, -0.2) is 13.4 Å². The van der Waals surface area contributed by atoms with Crippen molar-refractivity contribution in [2.24, 2.45) is 0 Å². The molecule has 1 atom stereocenters. The second-order valence-corrected chi connectivity index (χ2v) is 8.23. The maximum Gasteiger partial charge on any atom is 0.416 e. The van der Waals surface area contributed by atoms with Crippen molar-refractivity contribution in [3.8, 4) is 0 Å². The molecular weight excluding hydrogens is 405 g/mol. The molecule has 0 saturated heterocycles. The number of benzene rings is 2. The monoisotopic (exact) mass is 418 g/mol. The van der Waals surface area contributed by atoms with E-state index in [-0.39, 0.29) is 5.89 Å². The lowest BCUT2D eigenvalue weighted by atomic mass is 10.2. The van der Waals surface area contributed by atoms with Crippen LogP contribution in [0.5, 0.6) is 0 Å². The predicted molar refractivity (Wildman–Crippen MR) is 93.8 cm³/mol. The quantitative estimate of drug-likeness (QED) is 0.605. The van der Waals surface area contributed by atoms with Gasteiger partial charge in [0.05, 0.1) is 16.6 Å². The summed E-state index contributed by atoms with van der Waals surface area (Å²) in [4.78, 5) is 3.83. The number of fused-ring (bicyclic) bond motifs is 1. The molecule has 3 rings (SSSR count). The van der Waals surface area contributed by atoms with Gasteiger partial charge in [-0.15, -0.1) is 0 Å². The molecule has 1 heterocycles. The van der Waals surface area contributed by atoms with E-state index < -0.39 is 37.7 Å². The average Bonchev–Trinajstić information content (AvgIpc) is 3.03. The Hall–Kier alpha value is -2.10. The smallest absolute Gasteiger partial charge is 0.416 e. The van der Waals surface area contributed by atoms with Crippen molar-refractivity contribution in [3.05, 3.63) is 58.9 Å². The van der Waals surface area contributed by atoms with Crippen molar-refractivity contribution >= 4 is 32.7 Å². The third-order valence-electron chi connectivity index (χ3n) is 4.13. The van der Waals surface area contributed by atoms with Gasteiger partial charge in [0.2, 0.25) is 15.9 Å². The first-order chi connectivity index (χ1) is 12.5. The third-order valence-corrected chi connectivity index (χ3v) is 6.54. The Morgan fingerprint density at radius 3 is 2.44 bits per heavy atom. The lowest BCUT2D eigenvalue weighted by Gasteiger charge is -2.22. The second-order valence-electron chi connectivity index (χ2n) is 5.86. The summed E-state index contributed by atoms with van der Waals surface area (Å²) in [6.45, 7) is 1.56. The number of sulfonamides is 1. The minimum atomic E-state index is -4.62. The van der Waals surface area contributed by atoms with Gasteiger partial charge in [-0.05, 0) is 37.3 Å². The van der Waals surface area contributed by atoms with Crippen LogP contribution in [0, 0.1) is 0 Å². The van der Waals surface area contributed by atoms with Gasteiger partial charge in [0.25, 0.3) is 0 Å². The van der Waals surface area contributed by atoms with Crippen LogP contribution in [-0.2, 0) is 16.2 Å². The van der Waals surface area contributed by atoms with Gasteiger partial charge in [-0.1, -0.05) is 23.7 Å². The SMILES string of the molecule is C[C@@H](c1nc2ccccc2o1)N(C)S(=O)(=O)c1ccc(C(F)(F)F)cc1Cl. The Balaban J connectivity index is 1.96. The molecule has 0 N–H and O–H groups in total. The molecule has 0 unspecified atom stereocenters. The van der Waals surface area contributed by atoms with Crippen LogP contribution >= 0.6 is 11.6 Å². The zero-order valence-electron chi connectivity index (χ0n) is 14.2. The Morgan fingerprint density at radius 2 is 1.85 bits per heavy atom. The number of hydrogen-bond donors (Lipinski definition) is 0. The standard InChI is InChI=1S/C17H14ClF3N2O3S/c1-10(16-22-13-5-3-4-6-14(13)26-16)23(2)27(24,25)15-8-7-11(9-12(15)18)17(19,20)21/h3-10H,1-2H3/t10-/m0/s1. The van der Waals surface area contributed by atoms with E-state index in [1.165, 1.54) is 7.05 Å². The Labute approximate surface area is 158 Å². The molecule has 10 heteroatoms. The summed E-state index contributed by atoms with van der Waals surface area (Å²) in [6, 6.07) is 8.24. The highest BCUT2D eigenvalue weighted by molar-refractivity contribution is 7.89. The first-order valence-corrected chi connectivity index (χ1v) is 9.54. The van der Waals surface area contributed by atoms with Crippen LogP contribution in [0.2, 0.25) is 5.02 Å². The molecule has 0 bridgehead atoms. The summed E-state index contributed by atoms with van der Waals surface area (Å²) in [7, 11) is -2.90. The summed E-state index contributed by atoms with van der Waals surface area (Å²) < 4.78 is 70.5. The molecule has 0 amide bonds. The van der Waals surface area contributed by atoms with Gasteiger partial charge >= 0.3 is 6.18 Å². The van der Waals surface area contributed by atoms with Crippen LogP contribution in [-0.4, -0.2) is 24.8 Å². The van der Waals surface area contributed by atoms with Gasteiger partial charge in [0.1, 0.15) is 10.4 Å². The maximum absolute atomic E-state index is 12.8. The zero-order valence-corrected chi connectivity index (χ0v) is 15.7. The van der Waals surface area contributed by atoms with E-state index in [1.807, 2.05) is 0 Å².